The van der Waals surface area contributed by atoms with Crippen LogP contribution in [0.4, 0.5) is 5.69 Å². The van der Waals surface area contributed by atoms with Gasteiger partial charge in [-0.3, -0.25) is 0 Å². The Labute approximate surface area is 107 Å². The molecule has 0 spiro atoms. The van der Waals surface area contributed by atoms with Gasteiger partial charge in [0.25, 0.3) is 0 Å². The minimum atomic E-state index is 0.829. The molecule has 90 valence electrons. The van der Waals surface area contributed by atoms with E-state index < -0.39 is 0 Å². The van der Waals surface area contributed by atoms with E-state index in [-0.39, 0.29) is 0 Å². The van der Waals surface area contributed by atoms with Gasteiger partial charge in [0, 0.05) is 17.8 Å². The van der Waals surface area contributed by atoms with Crippen LogP contribution in [0.15, 0.2) is 18.2 Å². The van der Waals surface area contributed by atoms with Gasteiger partial charge in [-0.25, -0.2) is 0 Å². The lowest BCUT2D eigenvalue weighted by Crippen LogP contribution is -1.90. The number of fused-ring (bicyclic) bond motifs is 2. The van der Waals surface area contributed by atoms with Crippen LogP contribution in [-0.4, -0.2) is 26.4 Å². The van der Waals surface area contributed by atoms with Crippen LogP contribution in [0.2, 0.25) is 0 Å². The van der Waals surface area contributed by atoms with Gasteiger partial charge in [0.1, 0.15) is 5.01 Å². The molecule has 0 aliphatic carbocycles. The molecule has 5 nitrogen and oxygen atoms in total. The van der Waals surface area contributed by atoms with Crippen LogP contribution in [0.1, 0.15) is 11.4 Å². The summed E-state index contributed by atoms with van der Waals surface area (Å²) in [5, 5.41) is 17.0. The molecule has 0 amide bonds. The van der Waals surface area contributed by atoms with Crippen molar-refractivity contribution in [2.75, 3.05) is 11.9 Å². The van der Waals surface area contributed by atoms with Crippen LogP contribution in [0, 0.1) is 6.92 Å². The summed E-state index contributed by atoms with van der Waals surface area (Å²) in [5.41, 5.74) is 3.78. The number of nitrogens with zero attached hydrogens (tertiary/aromatic N) is 4. The van der Waals surface area contributed by atoms with Gasteiger partial charge < -0.3 is 5.32 Å². The summed E-state index contributed by atoms with van der Waals surface area (Å²) in [7, 11) is 0. The SMILES string of the molecule is Cc1nnc2sc(-c3ccc4c(c3)CCN4)nn12. The number of aryl methyl sites for hydroxylation is 1. The van der Waals surface area contributed by atoms with Crippen molar-refractivity contribution in [2.45, 2.75) is 13.3 Å². The number of benzene rings is 1. The summed E-state index contributed by atoms with van der Waals surface area (Å²) in [6.45, 7) is 2.94. The van der Waals surface area contributed by atoms with E-state index in [9.17, 15) is 0 Å². The first-order valence-electron chi connectivity index (χ1n) is 5.87. The first kappa shape index (κ1) is 10.0. The molecule has 1 aliphatic heterocycles. The molecule has 0 atom stereocenters. The van der Waals surface area contributed by atoms with Gasteiger partial charge in [0.05, 0.1) is 0 Å². The largest absolute Gasteiger partial charge is 0.384 e. The highest BCUT2D eigenvalue weighted by Gasteiger charge is 2.14. The molecule has 0 radical (unpaired) electrons. The zero-order valence-electron chi connectivity index (χ0n) is 9.84. The molecule has 18 heavy (non-hydrogen) atoms. The summed E-state index contributed by atoms with van der Waals surface area (Å²) in [4.78, 5) is 0.848. The van der Waals surface area contributed by atoms with Gasteiger partial charge in [-0.05, 0) is 37.1 Å². The van der Waals surface area contributed by atoms with Crippen LogP contribution in [0.25, 0.3) is 15.5 Å². The maximum atomic E-state index is 4.56. The monoisotopic (exact) mass is 257 g/mol. The van der Waals surface area contributed by atoms with Crippen molar-refractivity contribution in [3.8, 4) is 10.6 Å². The molecule has 0 saturated carbocycles. The fourth-order valence-electron chi connectivity index (χ4n) is 2.27. The third kappa shape index (κ3) is 1.35. The molecule has 0 unspecified atom stereocenters. The lowest BCUT2D eigenvalue weighted by Gasteiger charge is -2.01. The van der Waals surface area contributed by atoms with Crippen LogP contribution >= 0.6 is 11.3 Å². The molecule has 2 aromatic heterocycles. The Balaban J connectivity index is 1.86. The summed E-state index contributed by atoms with van der Waals surface area (Å²) in [6, 6.07) is 6.46. The fraction of sp³-hybridized carbons (Fsp3) is 0.250. The molecule has 3 aromatic rings. The van der Waals surface area contributed by atoms with Crippen molar-refractivity contribution in [1.82, 2.24) is 19.8 Å². The van der Waals surface area contributed by atoms with Crippen molar-refractivity contribution >= 4 is 22.0 Å². The predicted molar refractivity (Wildman–Crippen MR) is 71.0 cm³/mol. The average Bonchev–Trinajstić information content (AvgIpc) is 3.05. The van der Waals surface area contributed by atoms with E-state index in [1.807, 2.05) is 6.92 Å². The van der Waals surface area contributed by atoms with E-state index in [4.69, 9.17) is 0 Å². The van der Waals surface area contributed by atoms with Crippen molar-refractivity contribution in [2.24, 2.45) is 0 Å². The van der Waals surface area contributed by atoms with Crippen LogP contribution in [0.3, 0.4) is 0 Å². The molecule has 0 bridgehead atoms. The van der Waals surface area contributed by atoms with E-state index >= 15 is 0 Å². The number of hydrogen-bond donors (Lipinski definition) is 1. The van der Waals surface area contributed by atoms with Gasteiger partial charge in [-0.1, -0.05) is 11.3 Å². The van der Waals surface area contributed by atoms with E-state index in [1.165, 1.54) is 11.3 Å². The first-order chi connectivity index (χ1) is 8.81. The predicted octanol–water partition coefficient (Wildman–Crippen LogP) is 2.13. The van der Waals surface area contributed by atoms with E-state index in [1.54, 1.807) is 15.9 Å². The van der Waals surface area contributed by atoms with Gasteiger partial charge in [-0.2, -0.15) is 9.61 Å². The van der Waals surface area contributed by atoms with Crippen molar-refractivity contribution in [3.63, 3.8) is 0 Å². The Morgan fingerprint density at radius 3 is 3.17 bits per heavy atom. The van der Waals surface area contributed by atoms with Crippen LogP contribution in [0.5, 0.6) is 0 Å². The molecule has 3 heterocycles. The van der Waals surface area contributed by atoms with E-state index in [0.29, 0.717) is 0 Å². The highest BCUT2D eigenvalue weighted by molar-refractivity contribution is 7.19. The molecular weight excluding hydrogens is 246 g/mol. The maximum Gasteiger partial charge on any atom is 0.234 e. The lowest BCUT2D eigenvalue weighted by molar-refractivity contribution is 0.897. The number of hydrogen-bond acceptors (Lipinski definition) is 5. The van der Waals surface area contributed by atoms with Gasteiger partial charge in [-0.15, -0.1) is 10.2 Å². The smallest absolute Gasteiger partial charge is 0.234 e. The second-order valence-corrected chi connectivity index (χ2v) is 5.35. The quantitative estimate of drug-likeness (QED) is 0.725. The lowest BCUT2D eigenvalue weighted by atomic mass is 10.1. The Bertz CT molecular complexity index is 742. The topological polar surface area (TPSA) is 55.1 Å². The molecule has 1 aromatic carbocycles. The Kier molecular flexibility index (Phi) is 1.96. The average molecular weight is 257 g/mol. The minimum absolute atomic E-state index is 0.829. The maximum absolute atomic E-state index is 4.56. The fourth-order valence-corrected chi connectivity index (χ4v) is 3.15. The first-order valence-corrected chi connectivity index (χ1v) is 6.69. The van der Waals surface area contributed by atoms with Gasteiger partial charge in [0.2, 0.25) is 4.96 Å². The van der Waals surface area contributed by atoms with E-state index in [2.05, 4.69) is 38.8 Å². The number of rotatable bonds is 1. The van der Waals surface area contributed by atoms with Gasteiger partial charge in [0.15, 0.2) is 5.82 Å². The molecule has 1 N–H and O–H groups in total. The number of anilines is 1. The Morgan fingerprint density at radius 2 is 2.28 bits per heavy atom. The molecule has 6 heteroatoms. The second-order valence-electron chi connectivity index (χ2n) is 4.40. The summed E-state index contributed by atoms with van der Waals surface area (Å²) in [5.74, 6) is 0.829. The van der Waals surface area contributed by atoms with Crippen molar-refractivity contribution in [3.05, 3.63) is 29.6 Å². The van der Waals surface area contributed by atoms with E-state index in [0.717, 1.165) is 34.3 Å². The molecule has 4 rings (SSSR count). The van der Waals surface area contributed by atoms with Crippen LogP contribution in [-0.2, 0) is 6.42 Å². The molecule has 0 saturated heterocycles. The summed E-state index contributed by atoms with van der Waals surface area (Å²) >= 11 is 1.57. The zero-order valence-corrected chi connectivity index (χ0v) is 10.7. The van der Waals surface area contributed by atoms with Crippen molar-refractivity contribution < 1.29 is 0 Å². The zero-order chi connectivity index (χ0) is 12.1. The molecular formula is C12H11N5S. The van der Waals surface area contributed by atoms with Gasteiger partial charge >= 0.3 is 0 Å². The summed E-state index contributed by atoms with van der Waals surface area (Å²) < 4.78 is 1.80. The highest BCUT2D eigenvalue weighted by Crippen LogP contribution is 2.30. The van der Waals surface area contributed by atoms with Crippen LogP contribution < -0.4 is 5.32 Å². The van der Waals surface area contributed by atoms with Crippen molar-refractivity contribution in [1.29, 1.82) is 0 Å². The standard InChI is InChI=1S/C12H11N5S/c1-7-14-15-12-17(7)16-11(18-12)9-2-3-10-8(6-9)4-5-13-10/h2-3,6,13H,4-5H2,1H3. The Morgan fingerprint density at radius 1 is 1.33 bits per heavy atom. The summed E-state index contributed by atoms with van der Waals surface area (Å²) in [6.07, 6.45) is 1.09. The molecule has 0 fully saturated rings. The minimum Gasteiger partial charge on any atom is -0.384 e. The third-order valence-electron chi connectivity index (χ3n) is 3.21. The number of nitrogens with one attached hydrogen (secondary N) is 1. The molecule has 1 aliphatic rings. The number of aromatic nitrogens is 4. The normalized spacial score (nSPS) is 13.8. The Hall–Kier alpha value is -1.95. The third-order valence-corrected chi connectivity index (χ3v) is 4.16. The highest BCUT2D eigenvalue weighted by atomic mass is 32.1. The second kappa shape index (κ2) is 3.52.